The molecule has 0 aliphatic rings. The summed E-state index contributed by atoms with van der Waals surface area (Å²) in [6.07, 6.45) is -1.40. The molecule has 0 aliphatic carbocycles. The van der Waals surface area contributed by atoms with Gasteiger partial charge in [-0.05, 0) is 54.5 Å². The van der Waals surface area contributed by atoms with E-state index in [4.69, 9.17) is 0 Å². The molecule has 0 amide bonds. The summed E-state index contributed by atoms with van der Waals surface area (Å²) >= 11 is 0. The quantitative estimate of drug-likeness (QED) is 0.713. The number of hydrogen-bond acceptors (Lipinski definition) is 1. The van der Waals surface area contributed by atoms with Crippen molar-refractivity contribution in [1.82, 2.24) is 0 Å². The molecule has 0 saturated carbocycles. The average Bonchev–Trinajstić information content (AvgIpc) is 2.57. The normalized spacial score (nSPS) is 11.5. The molecule has 2 aromatic rings. The van der Waals surface area contributed by atoms with Gasteiger partial charge in [0.2, 0.25) is 0 Å². The van der Waals surface area contributed by atoms with Gasteiger partial charge in [-0.25, -0.2) is 4.79 Å². The number of halogens is 3. The van der Waals surface area contributed by atoms with Gasteiger partial charge in [-0.1, -0.05) is 43.7 Å². The Morgan fingerprint density at radius 3 is 2.24 bits per heavy atom. The van der Waals surface area contributed by atoms with Crippen molar-refractivity contribution in [3.8, 4) is 0 Å². The summed E-state index contributed by atoms with van der Waals surface area (Å²) in [5, 5.41) is 9.38. The van der Waals surface area contributed by atoms with Crippen molar-refractivity contribution in [1.29, 1.82) is 0 Å². The fourth-order valence-corrected chi connectivity index (χ4v) is 3.00. The molecule has 0 bridgehead atoms. The summed E-state index contributed by atoms with van der Waals surface area (Å²) < 4.78 is 39.3. The molecule has 0 heterocycles. The smallest absolute Gasteiger partial charge is 0.416 e. The number of alkyl halides is 3. The first-order chi connectivity index (χ1) is 11.8. The first-order valence-corrected chi connectivity index (χ1v) is 8.33. The first-order valence-electron chi connectivity index (χ1n) is 8.33. The van der Waals surface area contributed by atoms with Crippen molar-refractivity contribution in [2.75, 3.05) is 0 Å². The Hall–Kier alpha value is -2.30. The molecule has 1 N–H and O–H groups in total. The van der Waals surface area contributed by atoms with Crippen molar-refractivity contribution >= 4 is 5.97 Å². The standard InChI is InChI=1S/C20H21F3O2/c1-2-3-9-16-14(8-6-10-17(16)19(24)25)12-13-15-7-4-5-11-18(15)20(21,22)23/h4-8,10-11H,2-3,9,12-13H2,1H3,(H,24,25). The third kappa shape index (κ3) is 4.84. The second-order valence-corrected chi connectivity index (χ2v) is 6.01. The number of unbranched alkanes of at least 4 members (excludes halogenated alkanes) is 1. The van der Waals surface area contributed by atoms with Gasteiger partial charge in [-0.3, -0.25) is 0 Å². The van der Waals surface area contributed by atoms with Crippen LogP contribution in [0.4, 0.5) is 13.2 Å². The van der Waals surface area contributed by atoms with Crippen LogP contribution >= 0.6 is 0 Å². The first kappa shape index (κ1) is 19.0. The highest BCUT2D eigenvalue weighted by Crippen LogP contribution is 2.32. The van der Waals surface area contributed by atoms with E-state index in [0.717, 1.165) is 30.0 Å². The highest BCUT2D eigenvalue weighted by atomic mass is 19.4. The zero-order chi connectivity index (χ0) is 18.4. The summed E-state index contributed by atoms with van der Waals surface area (Å²) in [4.78, 5) is 11.4. The zero-order valence-electron chi connectivity index (χ0n) is 14.1. The van der Waals surface area contributed by atoms with E-state index in [2.05, 4.69) is 0 Å². The zero-order valence-corrected chi connectivity index (χ0v) is 14.1. The number of carboxylic acid groups (broad SMARTS) is 1. The molecule has 0 spiro atoms. The van der Waals surface area contributed by atoms with Crippen molar-refractivity contribution in [3.63, 3.8) is 0 Å². The predicted octanol–water partition coefficient (Wildman–Crippen LogP) is 5.53. The second-order valence-electron chi connectivity index (χ2n) is 6.01. The molecule has 0 radical (unpaired) electrons. The Balaban J connectivity index is 2.30. The van der Waals surface area contributed by atoms with E-state index in [1.165, 1.54) is 12.1 Å². The Kier molecular flexibility index (Phi) is 6.23. The van der Waals surface area contributed by atoms with Crippen LogP contribution in [0.15, 0.2) is 42.5 Å². The molecule has 0 unspecified atom stereocenters. The molecular weight excluding hydrogens is 329 g/mol. The lowest BCUT2D eigenvalue weighted by atomic mass is 9.91. The van der Waals surface area contributed by atoms with Crippen LogP contribution in [-0.4, -0.2) is 11.1 Å². The van der Waals surface area contributed by atoms with Crippen LogP contribution in [-0.2, 0) is 25.4 Å². The molecule has 0 fully saturated rings. The molecule has 2 aromatic carbocycles. The predicted molar refractivity (Wildman–Crippen MR) is 90.9 cm³/mol. The van der Waals surface area contributed by atoms with Crippen molar-refractivity contribution in [2.24, 2.45) is 0 Å². The van der Waals surface area contributed by atoms with Gasteiger partial charge in [-0.15, -0.1) is 0 Å². The number of aromatic carboxylic acids is 1. The monoisotopic (exact) mass is 350 g/mol. The number of hydrogen-bond donors (Lipinski definition) is 1. The summed E-state index contributed by atoms with van der Waals surface area (Å²) in [7, 11) is 0. The van der Waals surface area contributed by atoms with Gasteiger partial charge in [0, 0.05) is 0 Å². The van der Waals surface area contributed by atoms with Gasteiger partial charge in [0.15, 0.2) is 0 Å². The van der Waals surface area contributed by atoms with Crippen LogP contribution in [0.3, 0.4) is 0 Å². The van der Waals surface area contributed by atoms with Crippen LogP contribution in [0.1, 0.15) is 52.4 Å². The third-order valence-corrected chi connectivity index (χ3v) is 4.27. The highest BCUT2D eigenvalue weighted by Gasteiger charge is 2.32. The van der Waals surface area contributed by atoms with E-state index < -0.39 is 17.7 Å². The minimum Gasteiger partial charge on any atom is -0.478 e. The Morgan fingerprint density at radius 1 is 0.960 bits per heavy atom. The Labute approximate surface area is 145 Å². The number of rotatable bonds is 7. The summed E-state index contributed by atoms with van der Waals surface area (Å²) in [5.41, 5.74) is 1.40. The minimum absolute atomic E-state index is 0.220. The van der Waals surface area contributed by atoms with Gasteiger partial charge in [0.05, 0.1) is 11.1 Å². The molecule has 5 heteroatoms. The number of benzene rings is 2. The Morgan fingerprint density at radius 2 is 1.60 bits per heavy atom. The van der Waals surface area contributed by atoms with E-state index in [1.807, 2.05) is 13.0 Å². The SMILES string of the molecule is CCCCc1c(CCc2ccccc2C(F)(F)F)cccc1C(=O)O. The van der Waals surface area contributed by atoms with Crippen LogP contribution in [0.5, 0.6) is 0 Å². The maximum absolute atomic E-state index is 13.1. The lowest BCUT2D eigenvalue weighted by Crippen LogP contribution is -2.11. The lowest BCUT2D eigenvalue weighted by Gasteiger charge is -2.15. The van der Waals surface area contributed by atoms with Gasteiger partial charge < -0.3 is 5.11 Å². The van der Waals surface area contributed by atoms with Crippen LogP contribution in [0, 0.1) is 0 Å². The molecule has 0 saturated heterocycles. The molecule has 25 heavy (non-hydrogen) atoms. The van der Waals surface area contributed by atoms with Crippen molar-refractivity contribution in [3.05, 3.63) is 70.3 Å². The second kappa shape index (κ2) is 8.19. The number of carboxylic acids is 1. The average molecular weight is 350 g/mol. The molecule has 0 aliphatic heterocycles. The maximum Gasteiger partial charge on any atom is 0.416 e. The van der Waals surface area contributed by atoms with E-state index in [0.29, 0.717) is 12.8 Å². The maximum atomic E-state index is 13.1. The fraction of sp³-hybridized carbons (Fsp3) is 0.350. The van der Waals surface area contributed by atoms with Gasteiger partial charge in [0.25, 0.3) is 0 Å². The molecule has 0 aromatic heterocycles. The summed E-state index contributed by atoms with van der Waals surface area (Å²) in [6.45, 7) is 2.02. The number of aryl methyl sites for hydroxylation is 2. The van der Waals surface area contributed by atoms with E-state index in [1.54, 1.807) is 18.2 Å². The Bertz CT molecular complexity index is 736. The summed E-state index contributed by atoms with van der Waals surface area (Å²) in [6, 6.07) is 10.6. The van der Waals surface area contributed by atoms with Gasteiger partial charge in [0.1, 0.15) is 0 Å². The van der Waals surface area contributed by atoms with Crippen molar-refractivity contribution in [2.45, 2.75) is 45.2 Å². The highest BCUT2D eigenvalue weighted by molar-refractivity contribution is 5.89. The topological polar surface area (TPSA) is 37.3 Å². The van der Waals surface area contributed by atoms with Crippen LogP contribution in [0.25, 0.3) is 0 Å². The van der Waals surface area contributed by atoms with E-state index in [9.17, 15) is 23.1 Å². The molecule has 2 rings (SSSR count). The van der Waals surface area contributed by atoms with Crippen LogP contribution < -0.4 is 0 Å². The lowest BCUT2D eigenvalue weighted by molar-refractivity contribution is -0.138. The minimum atomic E-state index is -4.38. The van der Waals surface area contributed by atoms with Gasteiger partial charge >= 0.3 is 12.1 Å². The molecule has 134 valence electrons. The largest absolute Gasteiger partial charge is 0.478 e. The van der Waals surface area contributed by atoms with E-state index >= 15 is 0 Å². The summed E-state index contributed by atoms with van der Waals surface area (Å²) in [5.74, 6) is -0.997. The van der Waals surface area contributed by atoms with Crippen molar-refractivity contribution < 1.29 is 23.1 Å². The van der Waals surface area contributed by atoms with E-state index in [-0.39, 0.29) is 17.5 Å². The molecule has 0 atom stereocenters. The number of carbonyl (C=O) groups is 1. The van der Waals surface area contributed by atoms with Gasteiger partial charge in [-0.2, -0.15) is 13.2 Å². The molecule has 2 nitrogen and oxygen atoms in total. The van der Waals surface area contributed by atoms with Crippen LogP contribution in [0.2, 0.25) is 0 Å². The molecular formula is C20H21F3O2. The fourth-order valence-electron chi connectivity index (χ4n) is 3.00. The third-order valence-electron chi connectivity index (χ3n) is 4.27.